The second-order valence-electron chi connectivity index (χ2n) is 5.58. The Kier molecular flexibility index (Phi) is 6.46. The van der Waals surface area contributed by atoms with Crippen molar-refractivity contribution >= 4 is 39.3 Å². The number of carbonyl (C=O) groups is 1. The topological polar surface area (TPSA) is 59.8 Å². The molecule has 0 bridgehead atoms. The van der Waals surface area contributed by atoms with Crippen LogP contribution in [0.5, 0.6) is 0 Å². The lowest BCUT2D eigenvalue weighted by Gasteiger charge is -2.09. The van der Waals surface area contributed by atoms with Crippen LogP contribution >= 0.6 is 27.7 Å². The summed E-state index contributed by atoms with van der Waals surface area (Å²) in [5.41, 5.74) is 1.82. The van der Waals surface area contributed by atoms with Gasteiger partial charge in [0.05, 0.1) is 0 Å². The summed E-state index contributed by atoms with van der Waals surface area (Å²) in [7, 11) is 0. The highest BCUT2D eigenvalue weighted by Gasteiger charge is 2.13. The second-order valence-corrected chi connectivity index (χ2v) is 7.56. The summed E-state index contributed by atoms with van der Waals surface area (Å²) in [5, 5.41) is 12.3. The fourth-order valence-corrected chi connectivity index (χ4v) is 3.79. The van der Waals surface area contributed by atoms with Gasteiger partial charge in [0.25, 0.3) is 0 Å². The number of anilines is 1. The molecule has 26 heavy (non-hydrogen) atoms. The highest BCUT2D eigenvalue weighted by Crippen LogP contribution is 2.23. The van der Waals surface area contributed by atoms with E-state index in [1.807, 2.05) is 54.6 Å². The number of para-hydroxylation sites is 1. The van der Waals surface area contributed by atoms with E-state index in [4.69, 9.17) is 0 Å². The molecule has 1 heterocycles. The first-order valence-corrected chi connectivity index (χ1v) is 10.1. The normalized spacial score (nSPS) is 10.7. The van der Waals surface area contributed by atoms with E-state index >= 15 is 0 Å². The molecule has 5 nitrogen and oxygen atoms in total. The lowest BCUT2D eigenvalue weighted by atomic mass is 10.3. The predicted octanol–water partition coefficient (Wildman–Crippen LogP) is 4.71. The summed E-state index contributed by atoms with van der Waals surface area (Å²) < 4.78 is 2.99. The Morgan fingerprint density at radius 2 is 1.96 bits per heavy atom. The van der Waals surface area contributed by atoms with Crippen LogP contribution in [0.2, 0.25) is 0 Å². The maximum Gasteiger partial charge on any atom is 0.225 e. The minimum atomic E-state index is -0.0166. The Hall–Kier alpha value is -2.12. The summed E-state index contributed by atoms with van der Waals surface area (Å²) in [5.74, 6) is 1.53. The van der Waals surface area contributed by atoms with Crippen LogP contribution in [-0.4, -0.2) is 26.4 Å². The molecule has 0 radical (unpaired) electrons. The molecule has 134 valence electrons. The molecule has 0 unspecified atom stereocenters. The van der Waals surface area contributed by atoms with Gasteiger partial charge in [0.1, 0.15) is 5.82 Å². The maximum absolute atomic E-state index is 12.1. The van der Waals surface area contributed by atoms with Gasteiger partial charge in [0.2, 0.25) is 5.91 Å². The van der Waals surface area contributed by atoms with Gasteiger partial charge in [-0.15, -0.1) is 10.2 Å². The SMILES string of the molecule is CCc1nnc(SCCC(=O)Nc2cccc(Br)c2)n1-c1ccccc1. The summed E-state index contributed by atoms with van der Waals surface area (Å²) in [6.07, 6.45) is 1.20. The molecular formula is C19H19BrN4OS. The van der Waals surface area contributed by atoms with Crippen molar-refractivity contribution in [1.29, 1.82) is 0 Å². The molecule has 0 aliphatic carbocycles. The third kappa shape index (κ3) is 4.74. The van der Waals surface area contributed by atoms with Crippen molar-refractivity contribution in [3.8, 4) is 5.69 Å². The first kappa shape index (κ1) is 18.7. The van der Waals surface area contributed by atoms with Gasteiger partial charge in [-0.05, 0) is 30.3 Å². The number of halogens is 1. The first-order chi connectivity index (χ1) is 12.7. The van der Waals surface area contributed by atoms with E-state index in [-0.39, 0.29) is 5.91 Å². The van der Waals surface area contributed by atoms with E-state index in [0.717, 1.165) is 33.2 Å². The highest BCUT2D eigenvalue weighted by molar-refractivity contribution is 9.10. The molecule has 0 saturated carbocycles. The fraction of sp³-hybridized carbons (Fsp3) is 0.211. The lowest BCUT2D eigenvalue weighted by Crippen LogP contribution is -2.12. The molecule has 1 N–H and O–H groups in total. The first-order valence-electron chi connectivity index (χ1n) is 8.35. The minimum absolute atomic E-state index is 0.0166. The molecule has 7 heteroatoms. The van der Waals surface area contributed by atoms with E-state index in [1.165, 1.54) is 11.8 Å². The van der Waals surface area contributed by atoms with Crippen LogP contribution in [0.4, 0.5) is 5.69 Å². The predicted molar refractivity (Wildman–Crippen MR) is 109 cm³/mol. The standard InChI is InChI=1S/C19H19BrN4OS/c1-2-17-22-23-19(24(17)16-9-4-3-5-10-16)26-12-11-18(25)21-15-8-6-7-14(20)13-15/h3-10,13H,2,11-12H2,1H3,(H,21,25). The molecular weight excluding hydrogens is 412 g/mol. The molecule has 0 saturated heterocycles. The van der Waals surface area contributed by atoms with Crippen LogP contribution in [0.25, 0.3) is 5.69 Å². The molecule has 0 aliphatic rings. The molecule has 1 amide bonds. The third-order valence-electron chi connectivity index (χ3n) is 3.70. The van der Waals surface area contributed by atoms with Crippen LogP contribution in [-0.2, 0) is 11.2 Å². The van der Waals surface area contributed by atoms with Gasteiger partial charge in [-0.3, -0.25) is 9.36 Å². The Bertz CT molecular complexity index is 882. The number of hydrogen-bond acceptors (Lipinski definition) is 4. The summed E-state index contributed by atoms with van der Waals surface area (Å²) >= 11 is 4.94. The monoisotopic (exact) mass is 430 g/mol. The Morgan fingerprint density at radius 1 is 1.15 bits per heavy atom. The molecule has 0 atom stereocenters. The van der Waals surface area contributed by atoms with Crippen LogP contribution in [0, 0.1) is 0 Å². The Morgan fingerprint density at radius 3 is 2.69 bits per heavy atom. The molecule has 2 aromatic carbocycles. The van der Waals surface area contributed by atoms with E-state index in [1.54, 1.807) is 0 Å². The van der Waals surface area contributed by atoms with Crippen molar-refractivity contribution in [1.82, 2.24) is 14.8 Å². The van der Waals surface area contributed by atoms with Crippen LogP contribution in [0.15, 0.2) is 64.2 Å². The van der Waals surface area contributed by atoms with E-state index in [2.05, 4.69) is 42.9 Å². The lowest BCUT2D eigenvalue weighted by molar-refractivity contribution is -0.115. The summed E-state index contributed by atoms with van der Waals surface area (Å²) in [6, 6.07) is 17.6. The van der Waals surface area contributed by atoms with E-state index < -0.39 is 0 Å². The van der Waals surface area contributed by atoms with Gasteiger partial charge in [-0.1, -0.05) is 58.9 Å². The number of nitrogens with zero attached hydrogens (tertiary/aromatic N) is 3. The average Bonchev–Trinajstić information content (AvgIpc) is 3.05. The number of carbonyl (C=O) groups excluding carboxylic acids is 1. The quantitative estimate of drug-likeness (QED) is 0.551. The molecule has 3 aromatic rings. The van der Waals surface area contributed by atoms with Gasteiger partial charge in [0.15, 0.2) is 5.16 Å². The average molecular weight is 431 g/mol. The van der Waals surface area contributed by atoms with Crippen LogP contribution in [0.3, 0.4) is 0 Å². The molecule has 0 spiro atoms. The molecule has 0 aliphatic heterocycles. The number of aromatic nitrogens is 3. The number of rotatable bonds is 7. The van der Waals surface area contributed by atoms with E-state index in [9.17, 15) is 4.79 Å². The minimum Gasteiger partial charge on any atom is -0.326 e. The number of amides is 1. The Labute approximate surface area is 165 Å². The second kappa shape index (κ2) is 9.00. The molecule has 0 fully saturated rings. The van der Waals surface area contributed by atoms with Crippen molar-refractivity contribution in [2.75, 3.05) is 11.1 Å². The van der Waals surface area contributed by atoms with Gasteiger partial charge in [-0.25, -0.2) is 0 Å². The largest absolute Gasteiger partial charge is 0.326 e. The Balaban J connectivity index is 1.62. The van der Waals surface area contributed by atoms with Gasteiger partial charge >= 0.3 is 0 Å². The van der Waals surface area contributed by atoms with Crippen molar-refractivity contribution in [3.05, 3.63) is 64.9 Å². The zero-order valence-electron chi connectivity index (χ0n) is 14.4. The number of thioether (sulfide) groups is 1. The van der Waals surface area contributed by atoms with Crippen LogP contribution in [0.1, 0.15) is 19.2 Å². The fourth-order valence-electron chi connectivity index (χ4n) is 2.48. The van der Waals surface area contributed by atoms with Gasteiger partial charge in [-0.2, -0.15) is 0 Å². The van der Waals surface area contributed by atoms with E-state index in [0.29, 0.717) is 12.2 Å². The maximum atomic E-state index is 12.1. The molecule has 1 aromatic heterocycles. The smallest absolute Gasteiger partial charge is 0.225 e. The van der Waals surface area contributed by atoms with Crippen molar-refractivity contribution in [2.45, 2.75) is 24.9 Å². The number of aryl methyl sites for hydroxylation is 1. The zero-order chi connectivity index (χ0) is 18.4. The van der Waals surface area contributed by atoms with Crippen molar-refractivity contribution in [2.24, 2.45) is 0 Å². The molecule has 3 rings (SSSR count). The number of hydrogen-bond donors (Lipinski definition) is 1. The summed E-state index contributed by atoms with van der Waals surface area (Å²) in [6.45, 7) is 2.06. The number of nitrogens with one attached hydrogen (secondary N) is 1. The zero-order valence-corrected chi connectivity index (χ0v) is 16.8. The van der Waals surface area contributed by atoms with Crippen molar-refractivity contribution in [3.63, 3.8) is 0 Å². The van der Waals surface area contributed by atoms with Gasteiger partial charge in [0, 0.05) is 34.4 Å². The van der Waals surface area contributed by atoms with Crippen LogP contribution < -0.4 is 5.32 Å². The third-order valence-corrected chi connectivity index (χ3v) is 5.12. The number of benzene rings is 2. The summed E-state index contributed by atoms with van der Waals surface area (Å²) in [4.78, 5) is 12.1. The van der Waals surface area contributed by atoms with Crippen molar-refractivity contribution < 1.29 is 4.79 Å². The van der Waals surface area contributed by atoms with Gasteiger partial charge < -0.3 is 5.32 Å². The highest BCUT2D eigenvalue weighted by atomic mass is 79.9.